The number of carbonyl (C=O) groups excluding carboxylic acids is 1. The minimum absolute atomic E-state index is 0.0214. The molecule has 0 radical (unpaired) electrons. The molecule has 2 aromatic rings. The topological polar surface area (TPSA) is 101 Å². The van der Waals surface area contributed by atoms with Gasteiger partial charge in [0.05, 0.1) is 11.3 Å². The Kier molecular flexibility index (Phi) is 4.29. The summed E-state index contributed by atoms with van der Waals surface area (Å²) in [5, 5.41) is -0.0443. The van der Waals surface area contributed by atoms with E-state index in [-0.39, 0.29) is 20.8 Å². The number of amides is 1. The number of carbonyl (C=O) groups is 1. The van der Waals surface area contributed by atoms with Gasteiger partial charge in [0.25, 0.3) is 10.0 Å². The summed E-state index contributed by atoms with van der Waals surface area (Å²) in [4.78, 5) is 16.8. The van der Waals surface area contributed by atoms with Gasteiger partial charge in [-0.1, -0.05) is 23.2 Å². The van der Waals surface area contributed by atoms with Gasteiger partial charge in [-0.05, 0) is 18.2 Å². The predicted molar refractivity (Wildman–Crippen MR) is 70.8 cm³/mol. The summed E-state index contributed by atoms with van der Waals surface area (Å²) >= 11 is 11.3. The molecule has 0 saturated heterocycles. The lowest BCUT2D eigenvalue weighted by Crippen LogP contribution is -2.41. The molecular formula is C10H7Cl2N3O4S. The van der Waals surface area contributed by atoms with Crippen molar-refractivity contribution in [3.05, 3.63) is 46.6 Å². The van der Waals surface area contributed by atoms with E-state index >= 15 is 0 Å². The van der Waals surface area contributed by atoms with Gasteiger partial charge in [-0.3, -0.25) is 10.2 Å². The van der Waals surface area contributed by atoms with Crippen molar-refractivity contribution in [1.82, 2.24) is 15.2 Å². The molecule has 0 aliphatic rings. The van der Waals surface area contributed by atoms with E-state index in [1.807, 2.05) is 10.3 Å². The van der Waals surface area contributed by atoms with E-state index in [4.69, 9.17) is 27.6 Å². The maximum Gasteiger partial charge on any atom is 0.301 e. The fourth-order valence-electron chi connectivity index (χ4n) is 1.19. The third-order valence-corrected chi connectivity index (χ3v) is 4.03. The summed E-state index contributed by atoms with van der Waals surface area (Å²) in [7, 11) is -4.01. The Morgan fingerprint density at radius 3 is 2.70 bits per heavy atom. The molecule has 10 heteroatoms. The number of nitrogens with zero attached hydrogens (tertiary/aromatic N) is 1. The van der Waals surface area contributed by atoms with Crippen LogP contribution in [0.4, 0.5) is 0 Å². The van der Waals surface area contributed by atoms with E-state index in [0.717, 1.165) is 12.3 Å². The van der Waals surface area contributed by atoms with Gasteiger partial charge < -0.3 is 4.42 Å². The molecule has 0 spiro atoms. The van der Waals surface area contributed by atoms with Gasteiger partial charge in [0.15, 0.2) is 5.76 Å². The molecule has 20 heavy (non-hydrogen) atoms. The Labute approximate surface area is 123 Å². The van der Waals surface area contributed by atoms with Crippen LogP contribution in [0.25, 0.3) is 0 Å². The van der Waals surface area contributed by atoms with Gasteiger partial charge in [0.2, 0.25) is 0 Å². The van der Waals surface area contributed by atoms with Gasteiger partial charge in [-0.25, -0.2) is 13.4 Å². The van der Waals surface area contributed by atoms with Crippen LogP contribution >= 0.6 is 23.2 Å². The monoisotopic (exact) mass is 335 g/mol. The SMILES string of the molecule is O=C(NNS(=O)(=O)c1cnc(Cl)c(Cl)c1)c1ccco1. The number of hydrogen-bond acceptors (Lipinski definition) is 5. The molecule has 1 amide bonds. The number of rotatable bonds is 4. The number of nitrogens with one attached hydrogen (secondary N) is 2. The van der Waals surface area contributed by atoms with Crippen LogP contribution in [0.15, 0.2) is 40.0 Å². The van der Waals surface area contributed by atoms with Crippen molar-refractivity contribution >= 4 is 39.1 Å². The summed E-state index contributed by atoms with van der Waals surface area (Å²) in [6, 6.07) is 3.98. The molecular weight excluding hydrogens is 329 g/mol. The minimum Gasteiger partial charge on any atom is -0.459 e. The normalized spacial score (nSPS) is 11.3. The Hall–Kier alpha value is -1.61. The summed E-state index contributed by atoms with van der Waals surface area (Å²) in [6.45, 7) is 0. The van der Waals surface area contributed by atoms with E-state index in [0.29, 0.717) is 0 Å². The molecule has 2 N–H and O–H groups in total. The van der Waals surface area contributed by atoms with Crippen molar-refractivity contribution < 1.29 is 17.6 Å². The number of furan rings is 1. The van der Waals surface area contributed by atoms with Crippen LogP contribution in [0.1, 0.15) is 10.6 Å². The van der Waals surface area contributed by atoms with Gasteiger partial charge in [0.1, 0.15) is 10.0 Å². The highest BCUT2D eigenvalue weighted by Gasteiger charge is 2.18. The quantitative estimate of drug-likeness (QED) is 0.652. The summed E-state index contributed by atoms with van der Waals surface area (Å²) < 4.78 is 28.5. The average molecular weight is 336 g/mol. The van der Waals surface area contributed by atoms with Crippen molar-refractivity contribution in [3.63, 3.8) is 0 Å². The first-order valence-corrected chi connectivity index (χ1v) is 7.31. The van der Waals surface area contributed by atoms with E-state index in [1.165, 1.54) is 18.4 Å². The molecule has 106 valence electrons. The average Bonchev–Trinajstić information content (AvgIpc) is 2.93. The van der Waals surface area contributed by atoms with Crippen LogP contribution in [0.5, 0.6) is 0 Å². The molecule has 0 aliphatic heterocycles. The van der Waals surface area contributed by atoms with Crippen LogP contribution in [-0.4, -0.2) is 19.3 Å². The fourth-order valence-corrected chi connectivity index (χ4v) is 2.34. The van der Waals surface area contributed by atoms with Crippen molar-refractivity contribution in [3.8, 4) is 0 Å². The maximum absolute atomic E-state index is 11.9. The second-order valence-corrected chi connectivity index (χ2v) is 5.93. The molecule has 0 aromatic carbocycles. The Balaban J connectivity index is 2.11. The first kappa shape index (κ1) is 14.8. The molecule has 0 fully saturated rings. The van der Waals surface area contributed by atoms with Crippen LogP contribution in [-0.2, 0) is 10.0 Å². The van der Waals surface area contributed by atoms with Crippen LogP contribution in [0.2, 0.25) is 10.2 Å². The first-order valence-electron chi connectivity index (χ1n) is 5.07. The van der Waals surface area contributed by atoms with Crippen molar-refractivity contribution in [2.24, 2.45) is 0 Å². The number of sulfonamides is 1. The molecule has 0 atom stereocenters. The predicted octanol–water partition coefficient (Wildman–Crippen LogP) is 1.60. The maximum atomic E-state index is 11.9. The standard InChI is InChI=1S/C10H7Cl2N3O4S/c11-7-4-6(5-13-9(7)12)20(17,18)15-14-10(16)8-2-1-3-19-8/h1-5,15H,(H,14,16). The zero-order valence-corrected chi connectivity index (χ0v) is 12.0. The van der Waals surface area contributed by atoms with Crippen molar-refractivity contribution in [2.45, 2.75) is 4.90 Å². The highest BCUT2D eigenvalue weighted by atomic mass is 35.5. The van der Waals surface area contributed by atoms with E-state index in [9.17, 15) is 13.2 Å². The van der Waals surface area contributed by atoms with Gasteiger partial charge in [0, 0.05) is 6.20 Å². The lowest BCUT2D eigenvalue weighted by Gasteiger charge is -2.07. The molecule has 0 aliphatic carbocycles. The van der Waals surface area contributed by atoms with Gasteiger partial charge in [-0.2, -0.15) is 0 Å². The number of hydrazine groups is 1. The lowest BCUT2D eigenvalue weighted by molar-refractivity contribution is 0.0917. The lowest BCUT2D eigenvalue weighted by atomic mass is 10.4. The zero-order valence-electron chi connectivity index (χ0n) is 9.63. The molecule has 2 heterocycles. The fraction of sp³-hybridized carbons (Fsp3) is 0. The summed E-state index contributed by atoms with van der Waals surface area (Å²) in [5.74, 6) is -0.786. The molecule has 0 saturated carbocycles. The third-order valence-electron chi connectivity index (χ3n) is 2.13. The zero-order chi connectivity index (χ0) is 14.8. The Morgan fingerprint density at radius 1 is 1.35 bits per heavy atom. The van der Waals surface area contributed by atoms with Crippen LogP contribution in [0.3, 0.4) is 0 Å². The molecule has 2 rings (SSSR count). The number of pyridine rings is 1. The number of halogens is 2. The van der Waals surface area contributed by atoms with E-state index in [1.54, 1.807) is 0 Å². The highest BCUT2D eigenvalue weighted by molar-refractivity contribution is 7.89. The second kappa shape index (κ2) is 5.80. The van der Waals surface area contributed by atoms with Gasteiger partial charge in [-0.15, -0.1) is 4.83 Å². The van der Waals surface area contributed by atoms with Crippen LogP contribution < -0.4 is 10.3 Å². The minimum atomic E-state index is -4.01. The third kappa shape index (κ3) is 3.28. The highest BCUT2D eigenvalue weighted by Crippen LogP contribution is 2.21. The van der Waals surface area contributed by atoms with Crippen molar-refractivity contribution in [2.75, 3.05) is 0 Å². The van der Waals surface area contributed by atoms with Crippen LogP contribution in [0, 0.1) is 0 Å². The number of hydrogen-bond donors (Lipinski definition) is 2. The first-order chi connectivity index (χ1) is 9.40. The van der Waals surface area contributed by atoms with E-state index < -0.39 is 15.9 Å². The number of aromatic nitrogens is 1. The van der Waals surface area contributed by atoms with E-state index in [2.05, 4.69) is 4.98 Å². The van der Waals surface area contributed by atoms with Gasteiger partial charge >= 0.3 is 5.91 Å². The molecule has 0 bridgehead atoms. The van der Waals surface area contributed by atoms with Crippen molar-refractivity contribution in [1.29, 1.82) is 0 Å². The Bertz CT molecular complexity index is 731. The molecule has 0 unspecified atom stereocenters. The summed E-state index contributed by atoms with van der Waals surface area (Å²) in [5.41, 5.74) is 1.98. The largest absolute Gasteiger partial charge is 0.459 e. The molecule has 2 aromatic heterocycles. The smallest absolute Gasteiger partial charge is 0.301 e. The summed E-state index contributed by atoms with van der Waals surface area (Å²) in [6.07, 6.45) is 2.29. The molecule has 7 nitrogen and oxygen atoms in total. The Morgan fingerprint density at radius 2 is 2.10 bits per heavy atom. The second-order valence-electron chi connectivity index (χ2n) is 3.48.